The third-order valence-corrected chi connectivity index (χ3v) is 2.59. The van der Waals surface area contributed by atoms with Gasteiger partial charge in [0.25, 0.3) is 5.91 Å². The second-order valence-corrected chi connectivity index (χ2v) is 4.04. The van der Waals surface area contributed by atoms with Crippen LogP contribution in [0, 0.1) is 0 Å². The van der Waals surface area contributed by atoms with Crippen molar-refractivity contribution in [2.45, 2.75) is 0 Å². The fourth-order valence-electron chi connectivity index (χ4n) is 1.58. The van der Waals surface area contributed by atoms with Gasteiger partial charge in [-0.05, 0) is 35.9 Å². The van der Waals surface area contributed by atoms with Gasteiger partial charge >= 0.3 is 0 Å². The fraction of sp³-hybridized carbons (Fsp3) is 0.0667. The van der Waals surface area contributed by atoms with Gasteiger partial charge < -0.3 is 0 Å². The predicted molar refractivity (Wildman–Crippen MR) is 73.5 cm³/mol. The molecule has 1 aromatic heterocycles. The van der Waals surface area contributed by atoms with Gasteiger partial charge in [-0.15, -0.1) is 0 Å². The van der Waals surface area contributed by atoms with E-state index in [1.807, 2.05) is 42.5 Å². The van der Waals surface area contributed by atoms with Crippen LogP contribution in [0.25, 0.3) is 12.2 Å². The van der Waals surface area contributed by atoms with Crippen molar-refractivity contribution in [2.24, 2.45) is 0 Å². The molecule has 1 N–H and O–H groups in total. The topological polar surface area (TPSA) is 53.4 Å². The lowest BCUT2D eigenvalue weighted by molar-refractivity contribution is -0.0374. The molecule has 4 heteroatoms. The summed E-state index contributed by atoms with van der Waals surface area (Å²) in [4.78, 5) is 15.7. The molecule has 0 aliphatic rings. The van der Waals surface area contributed by atoms with Crippen molar-refractivity contribution >= 4 is 18.1 Å². The molecule has 0 saturated carbocycles. The number of nitrogens with zero attached hydrogens (tertiary/aromatic N) is 2. The number of aromatic nitrogens is 1. The van der Waals surface area contributed by atoms with Crippen LogP contribution in [0.3, 0.4) is 0 Å². The third kappa shape index (κ3) is 3.50. The summed E-state index contributed by atoms with van der Waals surface area (Å²) < 4.78 is 0. The Balaban J connectivity index is 2.11. The number of benzene rings is 1. The molecule has 1 aromatic carbocycles. The molecule has 0 unspecified atom stereocenters. The minimum absolute atomic E-state index is 0.430. The van der Waals surface area contributed by atoms with E-state index in [0.29, 0.717) is 10.6 Å². The number of carbonyl (C=O) groups is 1. The molecule has 2 aromatic rings. The van der Waals surface area contributed by atoms with Gasteiger partial charge in [0.15, 0.2) is 0 Å². The monoisotopic (exact) mass is 254 g/mol. The largest absolute Gasteiger partial charge is 0.286 e. The Morgan fingerprint density at radius 3 is 2.47 bits per heavy atom. The Bertz CT molecular complexity index is 575. The van der Waals surface area contributed by atoms with Gasteiger partial charge in [-0.1, -0.05) is 24.3 Å². The Morgan fingerprint density at radius 2 is 1.89 bits per heavy atom. The quantitative estimate of drug-likeness (QED) is 0.676. The minimum Gasteiger partial charge on any atom is -0.286 e. The summed E-state index contributed by atoms with van der Waals surface area (Å²) in [7, 11) is 1.30. The minimum atomic E-state index is -0.430. The maximum absolute atomic E-state index is 11.5. The van der Waals surface area contributed by atoms with Crippen LogP contribution in [0.4, 0.5) is 0 Å². The lowest BCUT2D eigenvalue weighted by Gasteiger charge is -2.07. The Morgan fingerprint density at radius 1 is 1.16 bits per heavy atom. The first-order valence-corrected chi connectivity index (χ1v) is 5.83. The Labute approximate surface area is 111 Å². The van der Waals surface area contributed by atoms with Crippen LogP contribution in [0.5, 0.6) is 0 Å². The Hall–Kier alpha value is -2.46. The lowest BCUT2D eigenvalue weighted by Crippen LogP contribution is -2.22. The molecule has 0 spiro atoms. The van der Waals surface area contributed by atoms with Gasteiger partial charge in [0.1, 0.15) is 0 Å². The van der Waals surface area contributed by atoms with Crippen molar-refractivity contribution in [3.8, 4) is 0 Å². The van der Waals surface area contributed by atoms with Gasteiger partial charge in [-0.25, -0.2) is 5.06 Å². The number of hydrogen-bond acceptors (Lipinski definition) is 3. The zero-order chi connectivity index (χ0) is 13.7. The zero-order valence-corrected chi connectivity index (χ0v) is 10.5. The average molecular weight is 254 g/mol. The summed E-state index contributed by atoms with van der Waals surface area (Å²) in [6.07, 6.45) is 5.55. The van der Waals surface area contributed by atoms with Crippen molar-refractivity contribution < 1.29 is 10.0 Å². The molecule has 96 valence electrons. The highest BCUT2D eigenvalue weighted by Crippen LogP contribution is 2.09. The van der Waals surface area contributed by atoms with Crippen molar-refractivity contribution in [1.82, 2.24) is 10.0 Å². The highest BCUT2D eigenvalue weighted by atomic mass is 16.5. The highest BCUT2D eigenvalue weighted by molar-refractivity contribution is 5.93. The molecule has 0 saturated heterocycles. The van der Waals surface area contributed by atoms with Gasteiger partial charge in [0.2, 0.25) is 0 Å². The SMILES string of the molecule is CN(O)C(=O)c1ccc(/C=C/c2ccccn2)cc1. The van der Waals surface area contributed by atoms with Crippen LogP contribution in [0.15, 0.2) is 48.7 Å². The van der Waals surface area contributed by atoms with Gasteiger partial charge in [-0.2, -0.15) is 0 Å². The molecule has 0 aliphatic carbocycles. The van der Waals surface area contributed by atoms with Crippen molar-refractivity contribution in [2.75, 3.05) is 7.05 Å². The van der Waals surface area contributed by atoms with Gasteiger partial charge in [0, 0.05) is 18.8 Å². The Kier molecular flexibility index (Phi) is 4.05. The van der Waals surface area contributed by atoms with E-state index in [4.69, 9.17) is 5.21 Å². The van der Waals surface area contributed by atoms with Crippen LogP contribution >= 0.6 is 0 Å². The molecule has 0 atom stereocenters. The van der Waals surface area contributed by atoms with E-state index in [1.54, 1.807) is 18.3 Å². The van der Waals surface area contributed by atoms with Crippen LogP contribution in [0.1, 0.15) is 21.6 Å². The van der Waals surface area contributed by atoms with Crippen molar-refractivity contribution in [3.05, 3.63) is 65.5 Å². The van der Waals surface area contributed by atoms with Crippen molar-refractivity contribution in [1.29, 1.82) is 0 Å². The van der Waals surface area contributed by atoms with Crippen LogP contribution in [-0.2, 0) is 0 Å². The lowest BCUT2D eigenvalue weighted by atomic mass is 10.1. The number of hydroxylamine groups is 2. The smallest absolute Gasteiger partial charge is 0.276 e. The first kappa shape index (κ1) is 13.0. The van der Waals surface area contributed by atoms with Crippen LogP contribution in [0.2, 0.25) is 0 Å². The molecule has 0 radical (unpaired) electrons. The summed E-state index contributed by atoms with van der Waals surface area (Å²) in [5.74, 6) is -0.430. The van der Waals surface area contributed by atoms with Crippen LogP contribution < -0.4 is 0 Å². The number of rotatable bonds is 3. The van der Waals surface area contributed by atoms with Gasteiger partial charge in [-0.3, -0.25) is 15.0 Å². The van der Waals surface area contributed by atoms with Crippen molar-refractivity contribution in [3.63, 3.8) is 0 Å². The van der Waals surface area contributed by atoms with E-state index < -0.39 is 5.91 Å². The van der Waals surface area contributed by atoms with E-state index in [1.165, 1.54) is 7.05 Å². The second-order valence-electron chi connectivity index (χ2n) is 4.04. The average Bonchev–Trinajstić information content (AvgIpc) is 2.46. The molecule has 0 aliphatic heterocycles. The summed E-state index contributed by atoms with van der Waals surface area (Å²) in [6, 6.07) is 12.7. The molecule has 2 rings (SSSR count). The molecular formula is C15H14N2O2. The number of amides is 1. The molecule has 4 nitrogen and oxygen atoms in total. The van der Waals surface area contributed by atoms with Crippen LogP contribution in [-0.4, -0.2) is 28.2 Å². The maximum atomic E-state index is 11.5. The molecule has 19 heavy (non-hydrogen) atoms. The highest BCUT2D eigenvalue weighted by Gasteiger charge is 2.07. The summed E-state index contributed by atoms with van der Waals surface area (Å²) >= 11 is 0. The first-order valence-electron chi connectivity index (χ1n) is 5.83. The van der Waals surface area contributed by atoms with E-state index in [0.717, 1.165) is 11.3 Å². The fourth-order valence-corrected chi connectivity index (χ4v) is 1.58. The summed E-state index contributed by atoms with van der Waals surface area (Å²) in [5.41, 5.74) is 2.28. The van der Waals surface area contributed by atoms with Gasteiger partial charge in [0.05, 0.1) is 5.69 Å². The maximum Gasteiger partial charge on any atom is 0.276 e. The molecule has 1 amide bonds. The standard InChI is InChI=1S/C15H14N2O2/c1-17(19)15(18)13-8-5-12(6-9-13)7-10-14-4-2-3-11-16-14/h2-11,19H,1H3/b10-7+. The predicted octanol–water partition coefficient (Wildman–Crippen LogP) is 2.71. The first-order chi connectivity index (χ1) is 9.16. The number of hydrogen-bond donors (Lipinski definition) is 1. The summed E-state index contributed by atoms with van der Waals surface area (Å²) in [5, 5.41) is 9.63. The number of carbonyl (C=O) groups excluding carboxylic acids is 1. The van der Waals surface area contributed by atoms with E-state index >= 15 is 0 Å². The van der Waals surface area contributed by atoms with E-state index in [-0.39, 0.29) is 0 Å². The summed E-state index contributed by atoms with van der Waals surface area (Å²) in [6.45, 7) is 0. The second kappa shape index (κ2) is 5.93. The third-order valence-electron chi connectivity index (χ3n) is 2.59. The van der Waals surface area contributed by atoms with E-state index in [9.17, 15) is 4.79 Å². The normalized spacial score (nSPS) is 10.6. The molecule has 0 fully saturated rings. The zero-order valence-electron chi connectivity index (χ0n) is 10.5. The van der Waals surface area contributed by atoms with E-state index in [2.05, 4.69) is 4.98 Å². The molecular weight excluding hydrogens is 240 g/mol. The molecule has 0 bridgehead atoms. The molecule has 1 heterocycles. The number of pyridine rings is 1.